The van der Waals surface area contributed by atoms with Crippen LogP contribution in [0, 0.1) is 0 Å². The molecule has 41 heavy (non-hydrogen) atoms. The molecule has 12 heteroatoms. The zero-order valence-electron chi connectivity index (χ0n) is 22.6. The number of carbonyl (C=O) groups is 3. The fourth-order valence-corrected chi connectivity index (χ4v) is 5.00. The van der Waals surface area contributed by atoms with Gasteiger partial charge >= 0.3 is 5.97 Å². The van der Waals surface area contributed by atoms with Crippen LogP contribution in [0.15, 0.2) is 60.9 Å². The van der Waals surface area contributed by atoms with Crippen LogP contribution in [-0.4, -0.2) is 62.9 Å². The smallest absolute Gasteiger partial charge is 0.326 e. The number of nitrogens with one attached hydrogen (secondary N) is 3. The monoisotopic (exact) mass is 558 g/mol. The van der Waals surface area contributed by atoms with E-state index >= 15 is 0 Å². The molecule has 12 nitrogen and oxygen atoms in total. The van der Waals surface area contributed by atoms with Gasteiger partial charge in [-0.05, 0) is 47.9 Å². The Bertz CT molecular complexity index is 1520. The molecule has 1 aliphatic heterocycles. The summed E-state index contributed by atoms with van der Waals surface area (Å²) >= 11 is 0. The Morgan fingerprint density at radius 2 is 1.78 bits per heavy atom. The first-order chi connectivity index (χ1) is 19.9. The first kappa shape index (κ1) is 27.4. The number of ether oxygens (including phenoxy) is 2. The number of fused-ring (bicyclic) bond motifs is 1. The van der Waals surface area contributed by atoms with E-state index in [1.807, 2.05) is 23.0 Å². The van der Waals surface area contributed by atoms with Gasteiger partial charge in [0.05, 0.1) is 14.2 Å². The lowest BCUT2D eigenvalue weighted by atomic mass is 10.0. The Morgan fingerprint density at radius 1 is 1.05 bits per heavy atom. The molecule has 0 radical (unpaired) electrons. The molecule has 1 aliphatic rings. The van der Waals surface area contributed by atoms with E-state index < -0.39 is 24.0 Å². The maximum Gasteiger partial charge on any atom is 0.326 e. The van der Waals surface area contributed by atoms with E-state index in [1.54, 1.807) is 42.5 Å². The number of rotatable bonds is 11. The van der Waals surface area contributed by atoms with E-state index in [0.29, 0.717) is 53.7 Å². The van der Waals surface area contributed by atoms with Crippen LogP contribution < -0.4 is 20.1 Å². The largest absolute Gasteiger partial charge is 0.496 e. The highest BCUT2D eigenvalue weighted by Gasteiger charge is 2.34. The first-order valence-electron chi connectivity index (χ1n) is 13.1. The minimum Gasteiger partial charge on any atom is -0.496 e. The van der Waals surface area contributed by atoms with Crippen molar-refractivity contribution in [1.82, 2.24) is 25.1 Å². The van der Waals surface area contributed by atoms with Crippen LogP contribution in [-0.2, 0) is 28.9 Å². The van der Waals surface area contributed by atoms with Gasteiger partial charge in [-0.2, -0.15) is 0 Å². The Kier molecular flexibility index (Phi) is 7.99. The minimum absolute atomic E-state index is 0.0631. The second-order valence-electron chi connectivity index (χ2n) is 9.65. The fourth-order valence-electron chi connectivity index (χ4n) is 5.00. The molecule has 0 fully saturated rings. The molecular formula is C29H30N6O6. The van der Waals surface area contributed by atoms with Gasteiger partial charge in [0.25, 0.3) is 5.91 Å². The highest BCUT2D eigenvalue weighted by Crippen LogP contribution is 2.30. The Labute approximate surface area is 235 Å². The Hall–Kier alpha value is -5.13. The molecule has 0 aliphatic carbocycles. The maximum atomic E-state index is 13.3. The molecule has 4 N–H and O–H groups in total. The van der Waals surface area contributed by atoms with Gasteiger partial charge in [-0.1, -0.05) is 18.2 Å². The van der Waals surface area contributed by atoms with E-state index in [0.717, 1.165) is 5.56 Å². The number of carboxylic acids is 1. The number of aryl methyl sites for hydroxylation is 1. The van der Waals surface area contributed by atoms with Gasteiger partial charge in [0, 0.05) is 37.3 Å². The molecule has 3 heterocycles. The molecule has 4 aromatic rings. The van der Waals surface area contributed by atoms with E-state index in [1.165, 1.54) is 14.2 Å². The molecule has 0 spiro atoms. The van der Waals surface area contributed by atoms with E-state index in [-0.39, 0.29) is 17.9 Å². The molecular weight excluding hydrogens is 528 g/mol. The maximum absolute atomic E-state index is 13.3. The molecule has 2 aromatic heterocycles. The van der Waals surface area contributed by atoms with E-state index in [4.69, 9.17) is 9.47 Å². The van der Waals surface area contributed by atoms with Gasteiger partial charge in [0.15, 0.2) is 0 Å². The summed E-state index contributed by atoms with van der Waals surface area (Å²) < 4.78 is 12.4. The number of anilines is 1. The minimum atomic E-state index is -1.14. The summed E-state index contributed by atoms with van der Waals surface area (Å²) in [5.41, 5.74) is 2.45. The summed E-state index contributed by atoms with van der Waals surface area (Å²) in [6.45, 7) is 0. The number of carboxylic acid groups (broad SMARTS) is 1. The number of H-pyrrole nitrogens is 1. The Balaban J connectivity index is 1.24. The normalized spacial score (nSPS) is 14.6. The highest BCUT2D eigenvalue weighted by atomic mass is 16.5. The molecule has 0 saturated carbocycles. The summed E-state index contributed by atoms with van der Waals surface area (Å²) in [5.74, 6) is 0.170. The van der Waals surface area contributed by atoms with Crippen LogP contribution in [0.3, 0.4) is 0 Å². The third kappa shape index (κ3) is 5.91. The SMILES string of the molecule is COc1cccc(OC)c1C(=O)Nc1ccc(CC(NC(=O)C2CCc3nnc(Cc4cc[nH]c4)n32)C(=O)O)cc1. The van der Waals surface area contributed by atoms with Crippen molar-refractivity contribution in [3.63, 3.8) is 0 Å². The van der Waals surface area contributed by atoms with Crippen molar-refractivity contribution in [1.29, 1.82) is 0 Å². The predicted octanol–water partition coefficient (Wildman–Crippen LogP) is 2.77. The zero-order chi connectivity index (χ0) is 28.9. The first-order valence-corrected chi connectivity index (χ1v) is 13.1. The van der Waals surface area contributed by atoms with Crippen molar-refractivity contribution in [3.8, 4) is 11.5 Å². The van der Waals surface area contributed by atoms with Gasteiger partial charge in [0.2, 0.25) is 5.91 Å². The van der Waals surface area contributed by atoms with Gasteiger partial charge in [-0.25, -0.2) is 4.79 Å². The number of aromatic amines is 1. The van der Waals surface area contributed by atoms with Crippen molar-refractivity contribution >= 4 is 23.5 Å². The number of hydrogen-bond donors (Lipinski definition) is 4. The second-order valence-corrected chi connectivity index (χ2v) is 9.65. The lowest BCUT2D eigenvalue weighted by Crippen LogP contribution is -2.45. The number of aromatic nitrogens is 4. The van der Waals surface area contributed by atoms with Crippen molar-refractivity contribution in [2.75, 3.05) is 19.5 Å². The molecule has 5 rings (SSSR count). The van der Waals surface area contributed by atoms with Gasteiger partial charge in [0.1, 0.15) is 40.8 Å². The van der Waals surface area contributed by atoms with Crippen LogP contribution in [0.4, 0.5) is 5.69 Å². The van der Waals surface area contributed by atoms with Crippen LogP contribution in [0.25, 0.3) is 0 Å². The number of benzene rings is 2. The standard InChI is InChI=1S/C29H30N6O6/c1-40-22-4-3-5-23(41-2)26(22)28(37)31-19-8-6-17(7-9-19)14-20(29(38)39)32-27(36)21-10-11-24-33-34-25(35(21)24)15-18-12-13-30-16-18/h3-9,12-13,16,20-21,30H,10-11,14-15H2,1-2H3,(H,31,37)(H,32,36)(H,38,39). The molecule has 0 saturated heterocycles. The van der Waals surface area contributed by atoms with E-state index in [2.05, 4.69) is 25.8 Å². The second kappa shape index (κ2) is 11.9. The van der Waals surface area contributed by atoms with Gasteiger partial charge in [-0.15, -0.1) is 10.2 Å². The number of nitrogens with zero attached hydrogens (tertiary/aromatic N) is 3. The third-order valence-corrected chi connectivity index (χ3v) is 7.04. The molecule has 0 bridgehead atoms. The van der Waals surface area contributed by atoms with Crippen LogP contribution in [0.1, 0.15) is 45.6 Å². The Morgan fingerprint density at radius 3 is 2.41 bits per heavy atom. The zero-order valence-corrected chi connectivity index (χ0v) is 22.6. The summed E-state index contributed by atoms with van der Waals surface area (Å²) in [7, 11) is 2.94. The number of methoxy groups -OCH3 is 2. The summed E-state index contributed by atoms with van der Waals surface area (Å²) in [5, 5.41) is 23.9. The van der Waals surface area contributed by atoms with Crippen molar-refractivity contribution in [3.05, 3.63) is 89.3 Å². The molecule has 2 atom stereocenters. The topological polar surface area (TPSA) is 160 Å². The molecule has 2 amide bonds. The highest BCUT2D eigenvalue weighted by molar-refractivity contribution is 6.08. The lowest BCUT2D eigenvalue weighted by Gasteiger charge is -2.20. The summed E-state index contributed by atoms with van der Waals surface area (Å²) in [4.78, 5) is 41.3. The molecule has 2 unspecified atom stereocenters. The fraction of sp³-hybridized carbons (Fsp3) is 0.276. The average Bonchev–Trinajstić information content (AvgIpc) is 3.73. The van der Waals surface area contributed by atoms with Crippen LogP contribution >= 0.6 is 0 Å². The van der Waals surface area contributed by atoms with E-state index in [9.17, 15) is 19.5 Å². The average molecular weight is 559 g/mol. The van der Waals surface area contributed by atoms with Gasteiger partial charge in [-0.3, -0.25) is 9.59 Å². The van der Waals surface area contributed by atoms with Crippen LogP contribution in [0.2, 0.25) is 0 Å². The molecule has 2 aromatic carbocycles. The van der Waals surface area contributed by atoms with Crippen LogP contribution in [0.5, 0.6) is 11.5 Å². The summed E-state index contributed by atoms with van der Waals surface area (Å²) in [6, 6.07) is 12.0. The summed E-state index contributed by atoms with van der Waals surface area (Å²) in [6.07, 6.45) is 5.36. The lowest BCUT2D eigenvalue weighted by molar-refractivity contribution is -0.142. The number of hydrogen-bond acceptors (Lipinski definition) is 7. The molecule has 212 valence electrons. The van der Waals surface area contributed by atoms with Crippen molar-refractivity contribution in [2.24, 2.45) is 0 Å². The quantitative estimate of drug-likeness (QED) is 0.219. The third-order valence-electron chi connectivity index (χ3n) is 7.04. The van der Waals surface area contributed by atoms with Crippen molar-refractivity contribution in [2.45, 2.75) is 37.8 Å². The number of aliphatic carboxylic acids is 1. The number of amides is 2. The number of carbonyl (C=O) groups excluding carboxylic acids is 2. The van der Waals surface area contributed by atoms with Gasteiger partial charge < -0.3 is 34.8 Å². The predicted molar refractivity (Wildman–Crippen MR) is 148 cm³/mol. The van der Waals surface area contributed by atoms with Crippen molar-refractivity contribution < 1.29 is 29.0 Å².